The maximum atomic E-state index is 13.1. The Labute approximate surface area is 120 Å². The van der Waals surface area contributed by atoms with Gasteiger partial charge in [-0.05, 0) is 52.2 Å². The van der Waals surface area contributed by atoms with Crippen molar-refractivity contribution in [1.29, 1.82) is 0 Å². The van der Waals surface area contributed by atoms with E-state index in [-0.39, 0.29) is 11.6 Å². The first-order chi connectivity index (χ1) is 9.56. The standard InChI is InChI=1S/C16H23FN2O/c1-18(2)15-6-9-19(10-7-15)11-8-16(20)13-4-3-5-14(17)12-13/h3-5,12,15H,6-11H2,1-2H3. The molecule has 0 bridgehead atoms. The van der Waals surface area contributed by atoms with Crippen LogP contribution >= 0.6 is 0 Å². The number of likely N-dealkylation sites (tertiary alicyclic amines) is 1. The van der Waals surface area contributed by atoms with Crippen LogP contribution in [-0.2, 0) is 0 Å². The van der Waals surface area contributed by atoms with Gasteiger partial charge in [-0.2, -0.15) is 0 Å². The van der Waals surface area contributed by atoms with Crippen molar-refractivity contribution in [2.75, 3.05) is 33.7 Å². The van der Waals surface area contributed by atoms with Crippen LogP contribution in [0.15, 0.2) is 24.3 Å². The number of halogens is 1. The van der Waals surface area contributed by atoms with Crippen LogP contribution in [0.25, 0.3) is 0 Å². The Hall–Kier alpha value is -1.26. The summed E-state index contributed by atoms with van der Waals surface area (Å²) in [6, 6.07) is 6.61. The third-order valence-electron chi connectivity index (χ3n) is 4.09. The fourth-order valence-electron chi connectivity index (χ4n) is 2.73. The quantitative estimate of drug-likeness (QED) is 0.773. The molecule has 0 atom stereocenters. The Kier molecular flexibility index (Phi) is 5.26. The van der Waals surface area contributed by atoms with E-state index in [1.165, 1.54) is 12.1 Å². The zero-order valence-electron chi connectivity index (χ0n) is 12.3. The SMILES string of the molecule is CN(C)C1CCN(CCC(=O)c2cccc(F)c2)CC1. The number of rotatable bonds is 5. The number of ketones is 1. The average Bonchev–Trinajstić information content (AvgIpc) is 2.45. The van der Waals surface area contributed by atoms with Gasteiger partial charge in [0.2, 0.25) is 0 Å². The third-order valence-corrected chi connectivity index (χ3v) is 4.09. The molecule has 3 nitrogen and oxygen atoms in total. The second-order valence-electron chi connectivity index (χ2n) is 5.72. The Balaban J connectivity index is 1.77. The van der Waals surface area contributed by atoms with Gasteiger partial charge in [0.15, 0.2) is 5.78 Å². The van der Waals surface area contributed by atoms with Crippen molar-refractivity contribution in [2.24, 2.45) is 0 Å². The molecule has 0 saturated carbocycles. The van der Waals surface area contributed by atoms with Crippen molar-refractivity contribution in [3.8, 4) is 0 Å². The van der Waals surface area contributed by atoms with Crippen molar-refractivity contribution in [3.05, 3.63) is 35.6 Å². The Morgan fingerprint density at radius 3 is 2.65 bits per heavy atom. The topological polar surface area (TPSA) is 23.6 Å². The van der Waals surface area contributed by atoms with Gasteiger partial charge in [0.1, 0.15) is 5.82 Å². The van der Waals surface area contributed by atoms with Gasteiger partial charge in [-0.25, -0.2) is 4.39 Å². The number of hydrogen-bond acceptors (Lipinski definition) is 3. The lowest BCUT2D eigenvalue weighted by atomic mass is 10.0. The van der Waals surface area contributed by atoms with E-state index in [1.807, 2.05) is 0 Å². The van der Waals surface area contributed by atoms with Crippen molar-refractivity contribution in [1.82, 2.24) is 9.80 Å². The average molecular weight is 278 g/mol. The second kappa shape index (κ2) is 6.95. The van der Waals surface area contributed by atoms with Gasteiger partial charge in [0, 0.05) is 24.6 Å². The van der Waals surface area contributed by atoms with Gasteiger partial charge in [-0.15, -0.1) is 0 Å². The highest BCUT2D eigenvalue weighted by molar-refractivity contribution is 5.96. The van der Waals surface area contributed by atoms with Crippen LogP contribution in [0.5, 0.6) is 0 Å². The molecule has 1 aliphatic heterocycles. The second-order valence-corrected chi connectivity index (χ2v) is 5.72. The van der Waals surface area contributed by atoms with E-state index in [0.717, 1.165) is 32.5 Å². The molecule has 0 amide bonds. The van der Waals surface area contributed by atoms with E-state index in [4.69, 9.17) is 0 Å². The molecule has 110 valence electrons. The highest BCUT2D eigenvalue weighted by Crippen LogP contribution is 2.15. The Morgan fingerprint density at radius 2 is 2.05 bits per heavy atom. The molecule has 1 aromatic rings. The third kappa shape index (κ3) is 4.12. The minimum Gasteiger partial charge on any atom is -0.306 e. The number of Topliss-reactive ketones (excluding diaryl/α,β-unsaturated/α-hetero) is 1. The molecule has 0 radical (unpaired) electrons. The van der Waals surface area contributed by atoms with Crippen LogP contribution in [0.3, 0.4) is 0 Å². The first-order valence-corrected chi connectivity index (χ1v) is 7.24. The van der Waals surface area contributed by atoms with Crippen LogP contribution < -0.4 is 0 Å². The van der Waals surface area contributed by atoms with E-state index < -0.39 is 0 Å². The fraction of sp³-hybridized carbons (Fsp3) is 0.562. The van der Waals surface area contributed by atoms with Crippen LogP contribution in [0, 0.1) is 5.82 Å². The minimum atomic E-state index is -0.345. The summed E-state index contributed by atoms with van der Waals surface area (Å²) in [6.45, 7) is 2.86. The first kappa shape index (κ1) is 15.1. The Morgan fingerprint density at radius 1 is 1.35 bits per heavy atom. The number of hydrogen-bond donors (Lipinski definition) is 0. The zero-order valence-corrected chi connectivity index (χ0v) is 12.3. The normalized spacial score (nSPS) is 17.6. The summed E-state index contributed by atoms with van der Waals surface area (Å²) in [5.41, 5.74) is 0.480. The van der Waals surface area contributed by atoms with Crippen molar-refractivity contribution in [2.45, 2.75) is 25.3 Å². The van der Waals surface area contributed by atoms with Gasteiger partial charge in [-0.1, -0.05) is 12.1 Å². The minimum absolute atomic E-state index is 0.0271. The maximum Gasteiger partial charge on any atom is 0.164 e. The van der Waals surface area contributed by atoms with Gasteiger partial charge in [0.25, 0.3) is 0 Å². The Bertz CT molecular complexity index is 454. The van der Waals surface area contributed by atoms with Gasteiger partial charge in [-0.3, -0.25) is 4.79 Å². The molecule has 0 unspecified atom stereocenters. The van der Waals surface area contributed by atoms with E-state index in [2.05, 4.69) is 23.9 Å². The lowest BCUT2D eigenvalue weighted by Gasteiger charge is -2.35. The fourth-order valence-corrected chi connectivity index (χ4v) is 2.73. The molecule has 1 saturated heterocycles. The summed E-state index contributed by atoms with van der Waals surface area (Å²) in [7, 11) is 4.24. The van der Waals surface area contributed by atoms with E-state index in [0.29, 0.717) is 18.0 Å². The number of piperidine rings is 1. The number of carbonyl (C=O) groups excluding carboxylic acids is 1. The first-order valence-electron chi connectivity index (χ1n) is 7.24. The monoisotopic (exact) mass is 278 g/mol. The molecule has 0 spiro atoms. The molecule has 1 heterocycles. The summed E-state index contributed by atoms with van der Waals surface area (Å²) in [5, 5.41) is 0. The predicted molar refractivity (Wildman–Crippen MR) is 78.5 cm³/mol. The highest BCUT2D eigenvalue weighted by Gasteiger charge is 2.20. The molecule has 0 aliphatic carbocycles. The maximum absolute atomic E-state index is 13.1. The summed E-state index contributed by atoms with van der Waals surface area (Å²) < 4.78 is 13.1. The summed E-state index contributed by atoms with van der Waals surface area (Å²) in [6.07, 6.45) is 2.78. The van der Waals surface area contributed by atoms with Crippen molar-refractivity contribution >= 4 is 5.78 Å². The van der Waals surface area contributed by atoms with Crippen LogP contribution in [0.2, 0.25) is 0 Å². The van der Waals surface area contributed by atoms with E-state index in [9.17, 15) is 9.18 Å². The molecule has 0 N–H and O–H groups in total. The molecule has 1 fully saturated rings. The molecule has 1 aromatic carbocycles. The number of carbonyl (C=O) groups is 1. The largest absolute Gasteiger partial charge is 0.306 e. The van der Waals surface area contributed by atoms with Gasteiger partial charge >= 0.3 is 0 Å². The van der Waals surface area contributed by atoms with Crippen LogP contribution in [-0.4, -0.2) is 55.4 Å². The predicted octanol–water partition coefficient (Wildman–Crippen LogP) is 2.42. The molecular weight excluding hydrogens is 255 g/mol. The molecule has 20 heavy (non-hydrogen) atoms. The van der Waals surface area contributed by atoms with E-state index >= 15 is 0 Å². The molecule has 2 rings (SSSR count). The lowest BCUT2D eigenvalue weighted by Crippen LogP contribution is -2.42. The summed E-state index contributed by atoms with van der Waals surface area (Å²) in [5.74, 6) is -0.318. The zero-order chi connectivity index (χ0) is 14.5. The van der Waals surface area contributed by atoms with Crippen molar-refractivity contribution in [3.63, 3.8) is 0 Å². The molecule has 4 heteroatoms. The lowest BCUT2D eigenvalue weighted by molar-refractivity contribution is 0.0940. The molecule has 0 aromatic heterocycles. The summed E-state index contributed by atoms with van der Waals surface area (Å²) in [4.78, 5) is 16.6. The van der Waals surface area contributed by atoms with Gasteiger partial charge in [0.05, 0.1) is 0 Å². The van der Waals surface area contributed by atoms with Gasteiger partial charge < -0.3 is 9.80 Å². The highest BCUT2D eigenvalue weighted by atomic mass is 19.1. The molecular formula is C16H23FN2O. The van der Waals surface area contributed by atoms with E-state index in [1.54, 1.807) is 12.1 Å². The molecule has 1 aliphatic rings. The van der Waals surface area contributed by atoms with Crippen LogP contribution in [0.1, 0.15) is 29.6 Å². The number of benzene rings is 1. The smallest absolute Gasteiger partial charge is 0.164 e. The van der Waals surface area contributed by atoms with Crippen molar-refractivity contribution < 1.29 is 9.18 Å². The number of nitrogens with zero attached hydrogens (tertiary/aromatic N) is 2. The van der Waals surface area contributed by atoms with Crippen LogP contribution in [0.4, 0.5) is 4.39 Å². The summed E-state index contributed by atoms with van der Waals surface area (Å²) >= 11 is 0.